The number of hydrogen-bond acceptors (Lipinski definition) is 5. The first-order valence-corrected chi connectivity index (χ1v) is 13.0. The highest BCUT2D eigenvalue weighted by Crippen LogP contribution is 2.31. The third kappa shape index (κ3) is 6.64. The molecule has 1 aromatic rings. The molecule has 192 valence electrons. The Hall–Kier alpha value is -3.37. The zero-order valence-corrected chi connectivity index (χ0v) is 22.2. The lowest BCUT2D eigenvalue weighted by Crippen LogP contribution is -2.39. The number of nitriles is 1. The third-order valence-electron chi connectivity index (χ3n) is 7.16. The number of nitrogens with zero attached hydrogens (tertiary/aromatic N) is 6. The van der Waals surface area contributed by atoms with E-state index in [1.807, 2.05) is 13.8 Å². The zero-order chi connectivity index (χ0) is 26.1. The second kappa shape index (κ2) is 13.1. The number of allylic oxidation sites excluding steroid dienone is 6. The predicted molar refractivity (Wildman–Crippen MR) is 149 cm³/mol. The summed E-state index contributed by atoms with van der Waals surface area (Å²) in [5.41, 5.74) is 10.5. The van der Waals surface area contributed by atoms with Gasteiger partial charge in [0.05, 0.1) is 5.69 Å². The maximum Gasteiger partial charge on any atom is 0.143 e. The highest BCUT2D eigenvalue weighted by atomic mass is 15.2. The number of imidazole rings is 1. The molecule has 36 heavy (non-hydrogen) atoms. The number of aromatic nitrogens is 2. The van der Waals surface area contributed by atoms with Crippen LogP contribution in [-0.4, -0.2) is 57.9 Å². The average molecular weight is 488 g/mol. The standard InChI is InChI=1S/C29H41N7/c1-6-10-25(19-22(4)7-2)27-21-36(18-17-34-13-9-14-34)29(33-27)24-11-15-35(16-12-24)23(5)26(20-30)28(31)32-8-3/h6,8,10,19,21,24H,3-4,7,9,11-18H2,1-2,5H3,(H2,31,32)/b10-6-,25-19+,26-23+. The summed E-state index contributed by atoms with van der Waals surface area (Å²) in [5, 5.41) is 9.63. The second-order valence-corrected chi connectivity index (χ2v) is 9.51. The summed E-state index contributed by atoms with van der Waals surface area (Å²) in [4.78, 5) is 13.9. The first-order chi connectivity index (χ1) is 17.4. The van der Waals surface area contributed by atoms with E-state index in [-0.39, 0.29) is 5.84 Å². The van der Waals surface area contributed by atoms with Crippen LogP contribution >= 0.6 is 0 Å². The van der Waals surface area contributed by atoms with Gasteiger partial charge in [0.15, 0.2) is 0 Å². The molecule has 2 saturated heterocycles. The summed E-state index contributed by atoms with van der Waals surface area (Å²) >= 11 is 0. The van der Waals surface area contributed by atoms with E-state index in [0.717, 1.165) is 73.8 Å². The molecule has 7 heteroatoms. The first kappa shape index (κ1) is 27.2. The van der Waals surface area contributed by atoms with Gasteiger partial charge in [-0.3, -0.25) is 0 Å². The Morgan fingerprint density at radius 2 is 2.00 bits per heavy atom. The number of hydrogen-bond donors (Lipinski definition) is 1. The van der Waals surface area contributed by atoms with Crippen LogP contribution in [0, 0.1) is 11.3 Å². The summed E-state index contributed by atoms with van der Waals surface area (Å²) in [5.74, 6) is 1.75. The number of likely N-dealkylation sites (tertiary alicyclic amines) is 2. The number of aliphatic imine (C=N–C) groups is 1. The molecule has 2 aliphatic heterocycles. The number of piperidine rings is 1. The van der Waals surface area contributed by atoms with E-state index < -0.39 is 0 Å². The van der Waals surface area contributed by atoms with Crippen LogP contribution in [0.5, 0.6) is 0 Å². The lowest BCUT2D eigenvalue weighted by Gasteiger charge is -2.35. The Morgan fingerprint density at radius 1 is 1.28 bits per heavy atom. The van der Waals surface area contributed by atoms with Gasteiger partial charge in [0.25, 0.3) is 0 Å². The van der Waals surface area contributed by atoms with Gasteiger partial charge in [-0.15, -0.1) is 0 Å². The van der Waals surface area contributed by atoms with Gasteiger partial charge in [-0.25, -0.2) is 9.98 Å². The highest BCUT2D eigenvalue weighted by Gasteiger charge is 2.27. The molecule has 0 amide bonds. The van der Waals surface area contributed by atoms with Crippen LogP contribution in [0.25, 0.3) is 5.57 Å². The van der Waals surface area contributed by atoms with Crippen molar-refractivity contribution in [3.05, 3.63) is 72.1 Å². The second-order valence-electron chi connectivity index (χ2n) is 9.51. The zero-order valence-electron chi connectivity index (χ0n) is 22.2. The van der Waals surface area contributed by atoms with E-state index in [1.165, 1.54) is 25.7 Å². The molecule has 2 aliphatic rings. The van der Waals surface area contributed by atoms with Crippen molar-refractivity contribution in [3.8, 4) is 6.07 Å². The quantitative estimate of drug-likeness (QED) is 0.206. The van der Waals surface area contributed by atoms with Crippen molar-refractivity contribution in [1.82, 2.24) is 19.4 Å². The predicted octanol–water partition coefficient (Wildman–Crippen LogP) is 4.99. The van der Waals surface area contributed by atoms with Gasteiger partial charge in [0, 0.05) is 55.8 Å². The maximum absolute atomic E-state index is 9.63. The molecular formula is C29H41N7. The summed E-state index contributed by atoms with van der Waals surface area (Å²) in [6.45, 7) is 20.0. The Balaban J connectivity index is 1.84. The molecule has 2 fully saturated rings. The number of amidine groups is 1. The SMILES string of the molecule is C=CN=C(N)/C(C#N)=C(\C)N1CCC(c2nc(C(/C=C\C)=C/C(=C)CC)cn2CCN2CCC2)CC1. The van der Waals surface area contributed by atoms with E-state index in [0.29, 0.717) is 11.5 Å². The summed E-state index contributed by atoms with van der Waals surface area (Å²) in [6, 6.07) is 2.22. The number of nitrogens with two attached hydrogens (primary N) is 1. The van der Waals surface area contributed by atoms with Crippen molar-refractivity contribution in [2.45, 2.75) is 58.9 Å². The van der Waals surface area contributed by atoms with Crippen molar-refractivity contribution in [1.29, 1.82) is 5.26 Å². The van der Waals surface area contributed by atoms with Crippen molar-refractivity contribution in [2.24, 2.45) is 10.7 Å². The Bertz CT molecular complexity index is 1100. The minimum atomic E-state index is 0.218. The maximum atomic E-state index is 9.63. The summed E-state index contributed by atoms with van der Waals surface area (Å²) in [6.07, 6.45) is 14.1. The first-order valence-electron chi connectivity index (χ1n) is 13.0. The van der Waals surface area contributed by atoms with Crippen LogP contribution in [-0.2, 0) is 6.54 Å². The van der Waals surface area contributed by atoms with Gasteiger partial charge >= 0.3 is 0 Å². The van der Waals surface area contributed by atoms with Gasteiger partial charge < -0.3 is 20.1 Å². The van der Waals surface area contributed by atoms with Crippen molar-refractivity contribution in [3.63, 3.8) is 0 Å². The lowest BCUT2D eigenvalue weighted by atomic mass is 9.95. The summed E-state index contributed by atoms with van der Waals surface area (Å²) < 4.78 is 2.37. The largest absolute Gasteiger partial charge is 0.383 e. The van der Waals surface area contributed by atoms with E-state index in [2.05, 4.69) is 69.9 Å². The molecule has 0 bridgehead atoms. The molecule has 0 spiro atoms. The van der Waals surface area contributed by atoms with Gasteiger partial charge in [0.1, 0.15) is 23.3 Å². The third-order valence-corrected chi connectivity index (χ3v) is 7.16. The summed E-state index contributed by atoms with van der Waals surface area (Å²) in [7, 11) is 0. The highest BCUT2D eigenvalue weighted by molar-refractivity contribution is 6.01. The molecule has 0 atom stereocenters. The molecule has 3 rings (SSSR count). The minimum absolute atomic E-state index is 0.218. The minimum Gasteiger partial charge on any atom is -0.383 e. The fourth-order valence-electron chi connectivity index (χ4n) is 4.76. The van der Waals surface area contributed by atoms with Crippen LogP contribution in [0.15, 0.2) is 65.6 Å². The molecule has 1 aromatic heterocycles. The topological polar surface area (TPSA) is 86.5 Å². The van der Waals surface area contributed by atoms with Gasteiger partial charge in [-0.1, -0.05) is 43.9 Å². The fraction of sp³-hybridized carbons (Fsp3) is 0.483. The van der Waals surface area contributed by atoms with Crippen LogP contribution in [0.1, 0.15) is 63.9 Å². The van der Waals surface area contributed by atoms with E-state index in [4.69, 9.17) is 10.7 Å². The Kier molecular flexibility index (Phi) is 9.89. The molecule has 2 N–H and O–H groups in total. The van der Waals surface area contributed by atoms with Crippen molar-refractivity contribution in [2.75, 3.05) is 32.7 Å². The monoisotopic (exact) mass is 487 g/mol. The number of rotatable bonds is 11. The lowest BCUT2D eigenvalue weighted by molar-refractivity contribution is 0.173. The molecule has 0 aromatic carbocycles. The van der Waals surface area contributed by atoms with Crippen molar-refractivity contribution < 1.29 is 0 Å². The van der Waals surface area contributed by atoms with E-state index in [9.17, 15) is 5.26 Å². The van der Waals surface area contributed by atoms with Crippen LogP contribution in [0.2, 0.25) is 0 Å². The molecule has 0 unspecified atom stereocenters. The fourth-order valence-corrected chi connectivity index (χ4v) is 4.76. The van der Waals surface area contributed by atoms with E-state index >= 15 is 0 Å². The van der Waals surface area contributed by atoms with Crippen LogP contribution < -0.4 is 5.73 Å². The van der Waals surface area contributed by atoms with Gasteiger partial charge in [0.2, 0.25) is 0 Å². The van der Waals surface area contributed by atoms with Gasteiger partial charge in [-0.2, -0.15) is 5.26 Å². The molecule has 0 aliphatic carbocycles. The van der Waals surface area contributed by atoms with Crippen LogP contribution in [0.4, 0.5) is 0 Å². The van der Waals surface area contributed by atoms with E-state index in [1.54, 1.807) is 0 Å². The van der Waals surface area contributed by atoms with Gasteiger partial charge in [-0.05, 0) is 52.6 Å². The normalized spacial score (nSPS) is 18.7. The molecule has 7 nitrogen and oxygen atoms in total. The molecule has 0 radical (unpaired) electrons. The average Bonchev–Trinajstić information content (AvgIpc) is 3.27. The Morgan fingerprint density at radius 3 is 2.56 bits per heavy atom. The van der Waals surface area contributed by atoms with Crippen molar-refractivity contribution >= 4 is 11.4 Å². The smallest absolute Gasteiger partial charge is 0.143 e. The van der Waals surface area contributed by atoms with Crippen LogP contribution in [0.3, 0.4) is 0 Å². The molecule has 3 heterocycles. The Labute approximate surface area is 216 Å². The molecular weight excluding hydrogens is 446 g/mol. The molecule has 0 saturated carbocycles.